The van der Waals surface area contributed by atoms with Crippen molar-refractivity contribution in [2.24, 2.45) is 0 Å². The summed E-state index contributed by atoms with van der Waals surface area (Å²) in [5.74, 6) is 0. The molecule has 0 spiro atoms. The smallest absolute Gasteiger partial charge is 0.0476 e. The van der Waals surface area contributed by atoms with Gasteiger partial charge in [-0.15, -0.1) is 34.0 Å². The predicted octanol–water partition coefficient (Wildman–Crippen LogP) is 36.3. The molecule has 0 saturated heterocycles. The molecule has 0 fully saturated rings. The second-order valence-electron chi connectivity index (χ2n) is 32.0. The number of rotatable bonds is 21. The van der Waals surface area contributed by atoms with Crippen LogP contribution in [0.2, 0.25) is 0 Å². The summed E-state index contributed by atoms with van der Waals surface area (Å²) in [5.41, 5.74) is 27.0. The van der Waals surface area contributed by atoms with E-state index in [1.54, 1.807) is 0 Å². The lowest BCUT2D eigenvalue weighted by Gasteiger charge is -2.29. The molecule has 0 radical (unpaired) electrons. The largest absolute Gasteiger partial charge is 0.311 e. The highest BCUT2D eigenvalue weighted by Gasteiger charge is 2.25. The van der Waals surface area contributed by atoms with E-state index in [0.717, 1.165) is 102 Å². The Bertz CT molecular complexity index is 7720. The van der Waals surface area contributed by atoms with Crippen LogP contribution in [-0.4, -0.2) is 0 Å². The summed E-state index contributed by atoms with van der Waals surface area (Å²) in [6.07, 6.45) is 0. The second kappa shape index (κ2) is 35.5. The van der Waals surface area contributed by atoms with Crippen molar-refractivity contribution in [2.75, 3.05) is 29.4 Å². The molecule has 0 aliphatic heterocycles. The Morgan fingerprint density at radius 1 is 0.101 bits per heavy atom. The van der Waals surface area contributed by atoms with Crippen LogP contribution in [0.5, 0.6) is 0 Å². The summed E-state index contributed by atoms with van der Waals surface area (Å²) in [7, 11) is 0. The van der Waals surface area contributed by atoms with Gasteiger partial charge in [-0.25, -0.2) is 0 Å². The molecule has 6 nitrogen and oxygen atoms in total. The van der Waals surface area contributed by atoms with Crippen molar-refractivity contribution < 1.29 is 0 Å². The third-order valence-corrected chi connectivity index (χ3v) is 27.4. The molecule has 23 rings (SSSR count). The summed E-state index contributed by atoms with van der Waals surface area (Å²) >= 11 is 5.55. The molecule has 9 heteroatoms. The van der Waals surface area contributed by atoms with Crippen LogP contribution in [0.15, 0.2) is 510 Å². The molecule has 0 unspecified atom stereocenters. The lowest BCUT2D eigenvalue weighted by molar-refractivity contribution is 1.26. The third kappa shape index (κ3) is 16.1. The fraction of sp³-hybridized carbons (Fsp3) is 0. The Hall–Kier alpha value is -16.1. The average molecular weight is 1710 g/mol. The highest BCUT2D eigenvalue weighted by Crippen LogP contribution is 2.50. The Kier molecular flexibility index (Phi) is 21.7. The minimum atomic E-state index is 1.07. The van der Waals surface area contributed by atoms with Gasteiger partial charge in [0.05, 0.1) is 0 Å². The number of benzene rings is 20. The monoisotopic (exact) mass is 1700 g/mol. The summed E-state index contributed by atoms with van der Waals surface area (Å²) in [4.78, 5) is 14.2. The van der Waals surface area contributed by atoms with Gasteiger partial charge >= 0.3 is 0 Å². The van der Waals surface area contributed by atoms with E-state index in [1.165, 1.54) is 93.9 Å². The van der Waals surface area contributed by atoms with Crippen molar-refractivity contribution in [3.63, 3.8) is 0 Å². The molecule has 0 bridgehead atoms. The summed E-state index contributed by atoms with van der Waals surface area (Å²) in [6.45, 7) is 0. The Labute approximate surface area is 763 Å². The first-order valence-electron chi connectivity index (χ1n) is 43.6. The normalized spacial score (nSPS) is 11.3. The van der Waals surface area contributed by atoms with Gasteiger partial charge in [-0.05, 0) is 276 Å². The second-order valence-corrected chi connectivity index (χ2v) is 35.3. The molecular formula is C120H84N6S3. The van der Waals surface area contributed by atoms with Gasteiger partial charge in [0.1, 0.15) is 0 Å². The van der Waals surface area contributed by atoms with Crippen LogP contribution >= 0.6 is 34.0 Å². The summed E-state index contributed by atoms with van der Waals surface area (Å²) in [5, 5.41) is 7.58. The zero-order valence-corrected chi connectivity index (χ0v) is 72.9. The molecule has 129 heavy (non-hydrogen) atoms. The quantitative estimate of drug-likeness (QED) is 0.0709. The molecular weight excluding hydrogens is 1620 g/mol. The number of fused-ring (bicyclic) bond motifs is 9. The van der Waals surface area contributed by atoms with Crippen LogP contribution < -0.4 is 29.4 Å². The Morgan fingerprint density at radius 2 is 0.287 bits per heavy atom. The number of hydrogen-bond acceptors (Lipinski definition) is 9. The van der Waals surface area contributed by atoms with Crippen molar-refractivity contribution in [1.82, 2.24) is 0 Å². The van der Waals surface area contributed by atoms with E-state index in [0.29, 0.717) is 0 Å². The molecule has 0 saturated carbocycles. The predicted molar refractivity (Wildman–Crippen MR) is 556 cm³/mol. The van der Waals surface area contributed by atoms with Crippen molar-refractivity contribution in [3.8, 4) is 33.4 Å². The van der Waals surface area contributed by atoms with Gasteiger partial charge in [-0.2, -0.15) is 0 Å². The zero-order valence-electron chi connectivity index (χ0n) is 70.4. The maximum absolute atomic E-state index is 2.41. The lowest BCUT2D eigenvalue weighted by Crippen LogP contribution is -2.12. The van der Waals surface area contributed by atoms with Gasteiger partial charge in [0.2, 0.25) is 0 Å². The van der Waals surface area contributed by atoms with E-state index >= 15 is 0 Å². The minimum Gasteiger partial charge on any atom is -0.311 e. The Morgan fingerprint density at radius 3 is 0.612 bits per heavy atom. The van der Waals surface area contributed by atoms with E-state index in [1.807, 2.05) is 34.0 Å². The zero-order chi connectivity index (χ0) is 85.8. The van der Waals surface area contributed by atoms with E-state index in [-0.39, 0.29) is 0 Å². The van der Waals surface area contributed by atoms with Crippen LogP contribution in [0, 0.1) is 0 Å². The number of hydrogen-bond donors (Lipinski definition) is 0. The minimum absolute atomic E-state index is 1.07. The third-order valence-electron chi connectivity index (χ3n) is 24.0. The molecule has 20 aromatic carbocycles. The van der Waals surface area contributed by atoms with Crippen molar-refractivity contribution >= 4 is 197 Å². The SMILES string of the molecule is c1ccc(-c2ccc(N(c3ccc(N(c4cccc(-c5ccccc5)c4)c4ccc5c(c4)sc4ccc(N(c6ccccc6)c6ccccc6)cc45)cc3)c3cccc(-c4ccccc4)c3)cc2)cc1.c1ccc(N(c2ccccc2)c2ccc(N(c3ccc4c(c3)sc3ccc(N(c5ccccc5)c5ccccc5)cc34)c3ccc4sc5ccccc5c4c3)cc2)cc1. The first-order chi connectivity index (χ1) is 63.9. The van der Waals surface area contributed by atoms with Gasteiger partial charge in [0, 0.05) is 163 Å². The summed E-state index contributed by atoms with van der Waals surface area (Å²) in [6, 6.07) is 184. The first-order valence-corrected chi connectivity index (χ1v) is 46.0. The average Bonchev–Trinajstić information content (AvgIpc) is 0.980. The van der Waals surface area contributed by atoms with Gasteiger partial charge in [0.15, 0.2) is 0 Å². The lowest BCUT2D eigenvalue weighted by atomic mass is 10.0. The number of thiophene rings is 3. The van der Waals surface area contributed by atoms with Crippen LogP contribution in [0.1, 0.15) is 0 Å². The summed E-state index contributed by atoms with van der Waals surface area (Å²) < 4.78 is 7.62. The van der Waals surface area contributed by atoms with Crippen LogP contribution in [0.3, 0.4) is 0 Å². The van der Waals surface area contributed by atoms with Crippen LogP contribution in [0.4, 0.5) is 102 Å². The highest BCUT2D eigenvalue weighted by molar-refractivity contribution is 7.26. The van der Waals surface area contributed by atoms with E-state index in [9.17, 15) is 0 Å². The topological polar surface area (TPSA) is 19.4 Å². The van der Waals surface area contributed by atoms with Gasteiger partial charge in [0.25, 0.3) is 0 Å². The fourth-order valence-electron chi connectivity index (χ4n) is 17.9. The standard InChI is InChI=1S/C66H47N3S.C54H37N3S2/c1-6-18-48(19-7-1)51-32-34-56(35-33-51)68(59-30-16-24-52(44-59)49-20-8-2-9-21-49)57-36-38-58(39-37-57)69(60-31-17-25-53(45-60)50-22-10-3-11-23-50)62-40-42-63-64-46-61(41-43-65(64)70-66(63)47-62)67(54-26-12-4-13-27-54)55-28-14-5-15-29-55;1-5-15-38(16-6-1)55(39-17-7-2-8-18-39)42-25-27-43(28-26-42)57(45-31-33-52-49(36-45)47-23-13-14-24-51(47)58-52)46-29-32-48-50-35-44(30-34-53(50)59-54(48)37-46)56(40-19-9-3-10-20-40)41-21-11-4-12-22-41/h1-47H;1-37H. The number of nitrogens with zero attached hydrogens (tertiary/aromatic N) is 6. The molecule has 0 aliphatic carbocycles. The van der Waals surface area contributed by atoms with E-state index in [2.05, 4.69) is 539 Å². The Balaban J connectivity index is 0.000000154. The van der Waals surface area contributed by atoms with Crippen LogP contribution in [-0.2, 0) is 0 Å². The molecule has 0 amide bonds. The fourth-order valence-corrected chi connectivity index (χ4v) is 21.2. The van der Waals surface area contributed by atoms with Crippen LogP contribution in [0.25, 0.3) is 93.9 Å². The van der Waals surface area contributed by atoms with Crippen molar-refractivity contribution in [1.29, 1.82) is 0 Å². The number of para-hydroxylation sites is 6. The van der Waals surface area contributed by atoms with Crippen molar-refractivity contribution in [2.45, 2.75) is 0 Å². The highest BCUT2D eigenvalue weighted by atomic mass is 32.1. The maximum atomic E-state index is 2.41. The first kappa shape index (κ1) is 78.8. The van der Waals surface area contributed by atoms with E-state index < -0.39 is 0 Å². The number of anilines is 18. The molecule has 612 valence electrons. The molecule has 23 aromatic rings. The molecule has 3 aromatic heterocycles. The van der Waals surface area contributed by atoms with Gasteiger partial charge in [-0.1, -0.05) is 267 Å². The van der Waals surface area contributed by atoms with Crippen molar-refractivity contribution in [3.05, 3.63) is 510 Å². The molecule has 0 N–H and O–H groups in total. The van der Waals surface area contributed by atoms with Gasteiger partial charge in [-0.3, -0.25) is 0 Å². The molecule has 0 aliphatic rings. The molecule has 3 heterocycles. The maximum Gasteiger partial charge on any atom is 0.0476 e. The van der Waals surface area contributed by atoms with E-state index in [4.69, 9.17) is 0 Å². The van der Waals surface area contributed by atoms with Gasteiger partial charge < -0.3 is 29.4 Å². The molecule has 0 atom stereocenters.